The van der Waals surface area contributed by atoms with Crippen LogP contribution < -0.4 is 0 Å². The van der Waals surface area contributed by atoms with E-state index in [1.165, 1.54) is 0 Å². The van der Waals surface area contributed by atoms with Crippen LogP contribution in [0.2, 0.25) is 0 Å². The first-order valence-electron chi connectivity index (χ1n) is 5.71. The molecule has 0 spiro atoms. The van der Waals surface area contributed by atoms with E-state index in [0.717, 1.165) is 32.8 Å². The van der Waals surface area contributed by atoms with Crippen LogP contribution >= 0.6 is 15.9 Å². The number of imidazole rings is 1. The maximum absolute atomic E-state index is 4.68. The van der Waals surface area contributed by atoms with Crippen molar-refractivity contribution in [3.05, 3.63) is 40.4 Å². The van der Waals surface area contributed by atoms with Crippen LogP contribution in [0.1, 0.15) is 11.4 Å². The topological polar surface area (TPSA) is 35.1 Å². The number of rotatable bonds is 1. The fourth-order valence-corrected chi connectivity index (χ4v) is 2.69. The van der Waals surface area contributed by atoms with Crippen LogP contribution in [0.3, 0.4) is 0 Å². The molecule has 3 aromatic rings. The number of fused-ring (bicyclic) bond motifs is 1. The van der Waals surface area contributed by atoms with Crippen molar-refractivity contribution >= 4 is 21.6 Å². The molecule has 0 aliphatic rings. The SMILES string of the molecule is Cc1nn(C)c(C)c1-c1cn2cccc(Br)c2n1. The third-order valence-corrected chi connectivity index (χ3v) is 3.82. The van der Waals surface area contributed by atoms with E-state index in [0.29, 0.717) is 0 Å². The molecular weight excluding hydrogens is 292 g/mol. The number of halogens is 1. The number of nitrogens with zero attached hydrogens (tertiary/aromatic N) is 4. The number of hydrogen-bond acceptors (Lipinski definition) is 2. The molecule has 0 unspecified atom stereocenters. The van der Waals surface area contributed by atoms with Gasteiger partial charge in [0.15, 0.2) is 5.65 Å². The van der Waals surface area contributed by atoms with Gasteiger partial charge in [0.1, 0.15) is 0 Å². The molecule has 0 atom stereocenters. The molecule has 4 nitrogen and oxygen atoms in total. The summed E-state index contributed by atoms with van der Waals surface area (Å²) in [5, 5.41) is 4.44. The van der Waals surface area contributed by atoms with Gasteiger partial charge in [0, 0.05) is 30.7 Å². The Balaban J connectivity index is 2.29. The molecule has 5 heteroatoms. The molecule has 0 aliphatic heterocycles. The monoisotopic (exact) mass is 304 g/mol. The zero-order chi connectivity index (χ0) is 12.9. The van der Waals surface area contributed by atoms with Gasteiger partial charge >= 0.3 is 0 Å². The minimum atomic E-state index is 0.926. The fourth-order valence-electron chi connectivity index (χ4n) is 2.24. The highest BCUT2D eigenvalue weighted by molar-refractivity contribution is 9.10. The standard InChI is InChI=1S/C13H13BrN4/c1-8-12(9(2)17(3)16-8)11-7-18-6-4-5-10(14)13(18)15-11/h4-7H,1-3H3. The van der Waals surface area contributed by atoms with Crippen LogP contribution in [0.4, 0.5) is 0 Å². The third kappa shape index (κ3) is 1.58. The second-order valence-corrected chi connectivity index (χ2v) is 5.24. The summed E-state index contributed by atoms with van der Waals surface area (Å²) in [5.74, 6) is 0. The van der Waals surface area contributed by atoms with Gasteiger partial charge in [-0.05, 0) is 41.9 Å². The first-order chi connectivity index (χ1) is 8.58. The molecule has 92 valence electrons. The van der Waals surface area contributed by atoms with Crippen molar-refractivity contribution in [2.45, 2.75) is 13.8 Å². The Morgan fingerprint density at radius 1 is 1.28 bits per heavy atom. The van der Waals surface area contributed by atoms with E-state index in [2.05, 4.69) is 32.9 Å². The molecule has 3 heterocycles. The van der Waals surface area contributed by atoms with Crippen molar-refractivity contribution in [1.29, 1.82) is 0 Å². The second-order valence-electron chi connectivity index (χ2n) is 4.38. The fraction of sp³-hybridized carbons (Fsp3) is 0.231. The van der Waals surface area contributed by atoms with Crippen molar-refractivity contribution in [2.75, 3.05) is 0 Å². The first-order valence-corrected chi connectivity index (χ1v) is 6.51. The largest absolute Gasteiger partial charge is 0.306 e. The summed E-state index contributed by atoms with van der Waals surface area (Å²) in [6.07, 6.45) is 4.04. The molecule has 3 aromatic heterocycles. The summed E-state index contributed by atoms with van der Waals surface area (Å²) >= 11 is 3.52. The van der Waals surface area contributed by atoms with Gasteiger partial charge < -0.3 is 4.40 Å². The number of hydrogen-bond donors (Lipinski definition) is 0. The van der Waals surface area contributed by atoms with E-state index in [1.807, 2.05) is 47.6 Å². The van der Waals surface area contributed by atoms with E-state index in [4.69, 9.17) is 0 Å². The number of pyridine rings is 1. The molecule has 0 aromatic carbocycles. The maximum Gasteiger partial charge on any atom is 0.151 e. The minimum Gasteiger partial charge on any atom is -0.306 e. The van der Waals surface area contributed by atoms with Crippen molar-refractivity contribution in [3.8, 4) is 11.3 Å². The van der Waals surface area contributed by atoms with Gasteiger partial charge in [-0.2, -0.15) is 5.10 Å². The molecule has 0 fully saturated rings. The van der Waals surface area contributed by atoms with Gasteiger partial charge in [0.05, 0.1) is 15.9 Å². The molecule has 0 N–H and O–H groups in total. The lowest BCUT2D eigenvalue weighted by Crippen LogP contribution is -1.92. The molecule has 0 saturated carbocycles. The summed E-state index contributed by atoms with van der Waals surface area (Å²) in [5.41, 5.74) is 5.15. The van der Waals surface area contributed by atoms with Gasteiger partial charge in [-0.15, -0.1) is 0 Å². The predicted molar refractivity (Wildman–Crippen MR) is 74.6 cm³/mol. The van der Waals surface area contributed by atoms with Crippen molar-refractivity contribution in [1.82, 2.24) is 19.2 Å². The minimum absolute atomic E-state index is 0.926. The highest BCUT2D eigenvalue weighted by Crippen LogP contribution is 2.27. The Morgan fingerprint density at radius 2 is 2.06 bits per heavy atom. The molecule has 3 rings (SSSR count). The molecule has 18 heavy (non-hydrogen) atoms. The van der Waals surface area contributed by atoms with Gasteiger partial charge in [-0.25, -0.2) is 4.98 Å². The highest BCUT2D eigenvalue weighted by Gasteiger charge is 2.15. The lowest BCUT2D eigenvalue weighted by molar-refractivity contribution is 0.731. The van der Waals surface area contributed by atoms with Gasteiger partial charge in [-0.1, -0.05) is 0 Å². The average molecular weight is 305 g/mol. The van der Waals surface area contributed by atoms with Crippen molar-refractivity contribution < 1.29 is 0 Å². The predicted octanol–water partition coefficient (Wildman–Crippen LogP) is 3.11. The Morgan fingerprint density at radius 3 is 2.67 bits per heavy atom. The van der Waals surface area contributed by atoms with E-state index in [-0.39, 0.29) is 0 Å². The Kier molecular flexibility index (Phi) is 2.52. The summed E-state index contributed by atoms with van der Waals surface area (Å²) in [7, 11) is 1.96. The van der Waals surface area contributed by atoms with E-state index in [1.54, 1.807) is 0 Å². The first kappa shape index (κ1) is 11.5. The maximum atomic E-state index is 4.68. The Labute approximate surface area is 113 Å². The molecule has 0 bridgehead atoms. The average Bonchev–Trinajstić information content (AvgIpc) is 2.83. The highest BCUT2D eigenvalue weighted by atomic mass is 79.9. The van der Waals surface area contributed by atoms with Crippen LogP contribution in [-0.4, -0.2) is 19.2 Å². The van der Waals surface area contributed by atoms with Gasteiger partial charge in [-0.3, -0.25) is 4.68 Å². The van der Waals surface area contributed by atoms with Crippen molar-refractivity contribution in [2.24, 2.45) is 7.05 Å². The quantitative estimate of drug-likeness (QED) is 0.692. The van der Waals surface area contributed by atoms with Crippen LogP contribution in [0.15, 0.2) is 29.0 Å². The molecule has 0 amide bonds. The summed E-state index contributed by atoms with van der Waals surface area (Å²) in [6.45, 7) is 4.08. The lowest BCUT2D eigenvalue weighted by atomic mass is 10.1. The van der Waals surface area contributed by atoms with Gasteiger partial charge in [0.2, 0.25) is 0 Å². The van der Waals surface area contributed by atoms with Crippen LogP contribution in [0.5, 0.6) is 0 Å². The Bertz CT molecular complexity index is 739. The Hall–Kier alpha value is -1.62. The third-order valence-electron chi connectivity index (χ3n) is 3.20. The van der Waals surface area contributed by atoms with Crippen LogP contribution in [0.25, 0.3) is 16.9 Å². The molecular formula is C13H13BrN4. The van der Waals surface area contributed by atoms with Crippen molar-refractivity contribution in [3.63, 3.8) is 0 Å². The number of aryl methyl sites for hydroxylation is 2. The van der Waals surface area contributed by atoms with E-state index >= 15 is 0 Å². The summed E-state index contributed by atoms with van der Waals surface area (Å²) < 4.78 is 4.91. The molecule has 0 radical (unpaired) electrons. The molecule has 0 saturated heterocycles. The summed E-state index contributed by atoms with van der Waals surface area (Å²) in [6, 6.07) is 3.99. The smallest absolute Gasteiger partial charge is 0.151 e. The van der Waals surface area contributed by atoms with Gasteiger partial charge in [0.25, 0.3) is 0 Å². The zero-order valence-corrected chi connectivity index (χ0v) is 12.1. The normalized spacial score (nSPS) is 11.3. The zero-order valence-electron chi connectivity index (χ0n) is 10.5. The van der Waals surface area contributed by atoms with Crippen LogP contribution in [-0.2, 0) is 7.05 Å². The lowest BCUT2D eigenvalue weighted by Gasteiger charge is -1.96. The van der Waals surface area contributed by atoms with Crippen LogP contribution in [0, 0.1) is 13.8 Å². The van der Waals surface area contributed by atoms with E-state index < -0.39 is 0 Å². The van der Waals surface area contributed by atoms with E-state index in [9.17, 15) is 0 Å². The molecule has 0 aliphatic carbocycles. The number of aromatic nitrogens is 4. The summed E-state index contributed by atoms with van der Waals surface area (Å²) in [4.78, 5) is 4.68. The second kappa shape index (κ2) is 3.95.